The van der Waals surface area contributed by atoms with Gasteiger partial charge >= 0.3 is 18.4 Å². The summed E-state index contributed by atoms with van der Waals surface area (Å²) in [5.74, 6) is -1.14. The maximum absolute atomic E-state index is 13.1. The second-order valence-electron chi connectivity index (χ2n) is 7.04. The van der Waals surface area contributed by atoms with Crippen molar-refractivity contribution in [2.75, 3.05) is 20.3 Å². The number of halogens is 6. The molecule has 2 aromatic heterocycles. The number of nitrogens with zero attached hydrogens (tertiary/aromatic N) is 5. The zero-order chi connectivity index (χ0) is 25.8. The number of ether oxygens (including phenoxy) is 2. The minimum absolute atomic E-state index is 0.0139. The fraction of sp³-hybridized carbons (Fsp3) is 0.350. The summed E-state index contributed by atoms with van der Waals surface area (Å²) in [5.41, 5.74) is -4.06. The number of methoxy groups -OCH3 is 1. The highest BCUT2D eigenvalue weighted by atomic mass is 19.4. The summed E-state index contributed by atoms with van der Waals surface area (Å²) >= 11 is 0. The first-order valence-corrected chi connectivity index (χ1v) is 9.86. The van der Waals surface area contributed by atoms with E-state index in [4.69, 9.17) is 9.47 Å². The lowest BCUT2D eigenvalue weighted by atomic mass is 10.0. The predicted octanol–water partition coefficient (Wildman–Crippen LogP) is 3.61. The van der Waals surface area contributed by atoms with Gasteiger partial charge in [0.15, 0.2) is 5.82 Å². The zero-order valence-corrected chi connectivity index (χ0v) is 18.2. The van der Waals surface area contributed by atoms with Crippen molar-refractivity contribution in [2.45, 2.75) is 25.3 Å². The highest BCUT2D eigenvalue weighted by molar-refractivity contribution is 5.94. The van der Waals surface area contributed by atoms with Gasteiger partial charge in [0.25, 0.3) is 11.9 Å². The van der Waals surface area contributed by atoms with Gasteiger partial charge in [-0.2, -0.15) is 36.0 Å². The first-order valence-electron chi connectivity index (χ1n) is 9.86. The van der Waals surface area contributed by atoms with Crippen molar-refractivity contribution in [3.05, 3.63) is 59.2 Å². The molecule has 2 heterocycles. The van der Waals surface area contributed by atoms with Crippen molar-refractivity contribution in [3.63, 3.8) is 0 Å². The fourth-order valence-electron chi connectivity index (χ4n) is 2.84. The summed E-state index contributed by atoms with van der Waals surface area (Å²) in [6, 6.07) is 0.954. The molecular formula is C20H18F6N6O3. The Balaban J connectivity index is 1.93. The van der Waals surface area contributed by atoms with E-state index in [1.165, 1.54) is 32.5 Å². The molecule has 0 aliphatic carbocycles. The van der Waals surface area contributed by atoms with Crippen LogP contribution in [0.1, 0.15) is 40.3 Å². The molecule has 9 nitrogen and oxygen atoms in total. The molecule has 3 rings (SSSR count). The van der Waals surface area contributed by atoms with E-state index in [-0.39, 0.29) is 37.1 Å². The van der Waals surface area contributed by atoms with Gasteiger partial charge in [-0.25, -0.2) is 9.97 Å². The minimum Gasteiger partial charge on any atom is -0.460 e. The topological polar surface area (TPSA) is 104 Å². The van der Waals surface area contributed by atoms with Gasteiger partial charge in [-0.1, -0.05) is 0 Å². The summed E-state index contributed by atoms with van der Waals surface area (Å²) in [5, 5.41) is 6.43. The van der Waals surface area contributed by atoms with Crippen LogP contribution in [0.15, 0.2) is 36.7 Å². The lowest BCUT2D eigenvalue weighted by Gasteiger charge is -2.16. The molecule has 0 aliphatic heterocycles. The molecular weight excluding hydrogens is 486 g/mol. The maximum atomic E-state index is 13.1. The van der Waals surface area contributed by atoms with Gasteiger partial charge in [-0.15, -0.1) is 5.10 Å². The third kappa shape index (κ3) is 6.44. The third-order valence-corrected chi connectivity index (χ3v) is 4.46. The standard InChI is InChI=1S/C20H18F6N6O3/c1-11(15-30-18(35-7-6-34-2)31-32(15)17-27-4-3-5-28-17)29-16(33)12-8-13(19(21,22)23)10-14(9-12)20(24,25)26/h3-5,8-11H,6-7H2,1-2H3,(H,29,33). The lowest BCUT2D eigenvalue weighted by molar-refractivity contribution is -0.143. The Morgan fingerprint density at radius 2 is 1.63 bits per heavy atom. The van der Waals surface area contributed by atoms with Gasteiger partial charge in [0.1, 0.15) is 6.61 Å². The molecule has 0 spiro atoms. The van der Waals surface area contributed by atoms with Crippen molar-refractivity contribution in [1.82, 2.24) is 30.0 Å². The Morgan fingerprint density at radius 1 is 1.03 bits per heavy atom. The number of carbonyl (C=O) groups is 1. The molecule has 1 N–H and O–H groups in total. The smallest absolute Gasteiger partial charge is 0.416 e. The van der Waals surface area contributed by atoms with Crippen LogP contribution < -0.4 is 10.1 Å². The van der Waals surface area contributed by atoms with Gasteiger partial charge < -0.3 is 14.8 Å². The van der Waals surface area contributed by atoms with Gasteiger partial charge in [-0.3, -0.25) is 4.79 Å². The van der Waals surface area contributed by atoms with E-state index in [9.17, 15) is 31.1 Å². The molecule has 1 aromatic carbocycles. The monoisotopic (exact) mass is 504 g/mol. The number of carbonyl (C=O) groups excluding carboxylic acids is 1. The SMILES string of the molecule is COCCOc1nc(C(C)NC(=O)c2cc(C(F)(F)F)cc(C(F)(F)F)c2)n(-c2ncccn2)n1. The highest BCUT2D eigenvalue weighted by Gasteiger charge is 2.37. The Morgan fingerprint density at radius 3 is 2.17 bits per heavy atom. The Hall–Kier alpha value is -3.75. The molecule has 0 bridgehead atoms. The van der Waals surface area contributed by atoms with Gasteiger partial charge in [-0.05, 0) is 31.2 Å². The Bertz CT molecular complexity index is 1130. The molecule has 0 saturated heterocycles. The minimum atomic E-state index is -5.10. The molecule has 188 valence electrons. The summed E-state index contributed by atoms with van der Waals surface area (Å²) in [4.78, 5) is 24.9. The summed E-state index contributed by atoms with van der Waals surface area (Å²) in [6.07, 6.45) is -7.38. The van der Waals surface area contributed by atoms with E-state index in [0.29, 0.717) is 12.1 Å². The Labute approximate surface area is 194 Å². The van der Waals surface area contributed by atoms with Crippen LogP contribution in [0.25, 0.3) is 5.95 Å². The van der Waals surface area contributed by atoms with Gasteiger partial charge in [0.05, 0.1) is 23.8 Å². The number of alkyl halides is 6. The molecule has 1 amide bonds. The Kier molecular flexibility index (Phi) is 7.57. The number of nitrogens with one attached hydrogen (secondary N) is 1. The van der Waals surface area contributed by atoms with Crippen molar-refractivity contribution < 1.29 is 40.6 Å². The molecule has 0 radical (unpaired) electrons. The van der Waals surface area contributed by atoms with Crippen LogP contribution in [0.5, 0.6) is 6.01 Å². The average molecular weight is 504 g/mol. The number of amides is 1. The first kappa shape index (κ1) is 25.9. The van der Waals surface area contributed by atoms with E-state index >= 15 is 0 Å². The predicted molar refractivity (Wildman–Crippen MR) is 107 cm³/mol. The molecule has 35 heavy (non-hydrogen) atoms. The largest absolute Gasteiger partial charge is 0.460 e. The van der Waals surface area contributed by atoms with Crippen LogP contribution in [-0.2, 0) is 17.1 Å². The van der Waals surface area contributed by atoms with Gasteiger partial charge in [0, 0.05) is 25.1 Å². The summed E-state index contributed by atoms with van der Waals surface area (Å²) < 4.78 is 90.2. The number of benzene rings is 1. The molecule has 0 saturated carbocycles. The van der Waals surface area contributed by atoms with Crippen LogP contribution in [0.3, 0.4) is 0 Å². The quantitative estimate of drug-likeness (QED) is 0.369. The van der Waals surface area contributed by atoms with Crippen molar-refractivity contribution >= 4 is 5.91 Å². The summed E-state index contributed by atoms with van der Waals surface area (Å²) in [7, 11) is 1.45. The highest BCUT2D eigenvalue weighted by Crippen LogP contribution is 2.36. The van der Waals surface area contributed by atoms with Crippen LogP contribution in [0.2, 0.25) is 0 Å². The molecule has 1 atom stereocenters. The molecule has 0 fully saturated rings. The normalized spacial score (nSPS) is 12.9. The lowest BCUT2D eigenvalue weighted by Crippen LogP contribution is -2.29. The second kappa shape index (κ2) is 10.2. The van der Waals surface area contributed by atoms with E-state index in [1.807, 2.05) is 0 Å². The number of hydrogen-bond acceptors (Lipinski definition) is 7. The molecule has 3 aromatic rings. The van der Waals surface area contributed by atoms with E-state index in [1.54, 1.807) is 0 Å². The van der Waals surface area contributed by atoms with Crippen LogP contribution in [-0.4, -0.2) is 51.0 Å². The van der Waals surface area contributed by atoms with Crippen LogP contribution >= 0.6 is 0 Å². The van der Waals surface area contributed by atoms with Gasteiger partial charge in [0.2, 0.25) is 0 Å². The fourth-order valence-corrected chi connectivity index (χ4v) is 2.84. The first-order chi connectivity index (χ1) is 16.4. The van der Waals surface area contributed by atoms with E-state index in [2.05, 4.69) is 25.4 Å². The number of aromatic nitrogens is 5. The maximum Gasteiger partial charge on any atom is 0.416 e. The van der Waals surface area contributed by atoms with Crippen molar-refractivity contribution in [1.29, 1.82) is 0 Å². The van der Waals surface area contributed by atoms with E-state index in [0.717, 1.165) is 4.68 Å². The third-order valence-electron chi connectivity index (χ3n) is 4.46. The molecule has 15 heteroatoms. The average Bonchev–Trinajstić information content (AvgIpc) is 3.23. The van der Waals surface area contributed by atoms with E-state index < -0.39 is 41.0 Å². The molecule has 1 unspecified atom stereocenters. The van der Waals surface area contributed by atoms with Crippen molar-refractivity contribution in [2.24, 2.45) is 0 Å². The second-order valence-corrected chi connectivity index (χ2v) is 7.04. The van der Waals surface area contributed by atoms with Crippen LogP contribution in [0, 0.1) is 0 Å². The van der Waals surface area contributed by atoms with Crippen molar-refractivity contribution in [3.8, 4) is 12.0 Å². The zero-order valence-electron chi connectivity index (χ0n) is 18.2. The number of hydrogen-bond donors (Lipinski definition) is 1. The summed E-state index contributed by atoms with van der Waals surface area (Å²) in [6.45, 7) is 1.70. The molecule has 0 aliphatic rings. The van der Waals surface area contributed by atoms with Crippen LogP contribution in [0.4, 0.5) is 26.3 Å². The number of rotatable bonds is 8.